The van der Waals surface area contributed by atoms with E-state index in [0.717, 1.165) is 28.3 Å². The number of hydrogen-bond acceptors (Lipinski definition) is 2. The minimum atomic E-state index is 1.09. The molecule has 268 valence electrons. The van der Waals surface area contributed by atoms with Gasteiger partial charge in [0.25, 0.3) is 0 Å². The van der Waals surface area contributed by atoms with E-state index in [0.29, 0.717) is 0 Å². The van der Waals surface area contributed by atoms with Gasteiger partial charge in [-0.1, -0.05) is 152 Å². The Labute approximate surface area is 335 Å². The van der Waals surface area contributed by atoms with Gasteiger partial charge in [0.2, 0.25) is 0 Å². The van der Waals surface area contributed by atoms with Gasteiger partial charge < -0.3 is 9.47 Å². The van der Waals surface area contributed by atoms with Crippen LogP contribution in [-0.4, -0.2) is 4.57 Å². The van der Waals surface area contributed by atoms with Gasteiger partial charge in [-0.15, -0.1) is 11.3 Å². The maximum Gasteiger partial charge on any atom is 0.0562 e. The summed E-state index contributed by atoms with van der Waals surface area (Å²) in [5.74, 6) is 0. The van der Waals surface area contributed by atoms with Crippen molar-refractivity contribution in [1.82, 2.24) is 4.57 Å². The number of hydrogen-bond donors (Lipinski definition) is 0. The number of para-hydroxylation sites is 1. The molecule has 0 aliphatic carbocycles. The number of aromatic nitrogens is 1. The zero-order chi connectivity index (χ0) is 37.7. The van der Waals surface area contributed by atoms with E-state index in [2.05, 4.69) is 228 Å². The zero-order valence-electron chi connectivity index (χ0n) is 31.1. The molecule has 11 aromatic rings. The van der Waals surface area contributed by atoms with Crippen LogP contribution in [0.15, 0.2) is 218 Å². The minimum absolute atomic E-state index is 1.09. The van der Waals surface area contributed by atoms with Crippen molar-refractivity contribution in [2.24, 2.45) is 0 Å². The topological polar surface area (TPSA) is 8.17 Å². The lowest BCUT2D eigenvalue weighted by Gasteiger charge is -2.26. The molecule has 0 radical (unpaired) electrons. The molecule has 0 aliphatic heterocycles. The molecule has 11 rings (SSSR count). The predicted octanol–water partition coefficient (Wildman–Crippen LogP) is 15.6. The molecule has 9 aromatic carbocycles. The molecule has 0 aliphatic rings. The highest BCUT2D eigenvalue weighted by Crippen LogP contribution is 2.44. The monoisotopic (exact) mass is 744 g/mol. The number of nitrogens with zero attached hydrogens (tertiary/aromatic N) is 2. The van der Waals surface area contributed by atoms with Gasteiger partial charge in [-0.25, -0.2) is 0 Å². The van der Waals surface area contributed by atoms with E-state index >= 15 is 0 Å². The molecular weight excluding hydrogens is 709 g/mol. The first-order chi connectivity index (χ1) is 28.3. The lowest BCUT2D eigenvalue weighted by molar-refractivity contribution is 1.18. The largest absolute Gasteiger partial charge is 0.310 e. The number of thiophene rings is 1. The fourth-order valence-corrected chi connectivity index (χ4v) is 9.73. The fourth-order valence-electron chi connectivity index (χ4n) is 8.59. The lowest BCUT2D eigenvalue weighted by Crippen LogP contribution is -2.10. The van der Waals surface area contributed by atoms with Crippen molar-refractivity contribution in [1.29, 1.82) is 0 Å². The van der Waals surface area contributed by atoms with Crippen LogP contribution >= 0.6 is 11.3 Å². The summed E-state index contributed by atoms with van der Waals surface area (Å²) >= 11 is 1.86. The van der Waals surface area contributed by atoms with Gasteiger partial charge in [0.05, 0.1) is 11.0 Å². The van der Waals surface area contributed by atoms with E-state index < -0.39 is 0 Å². The standard InChI is InChI=1S/C54H36N2S/c1-4-14-37(15-5-1)38-26-30-42(31-27-38)55(43-32-28-40(29-33-43)46-22-13-25-52-54(46)48-20-10-11-24-51(48)57-52)44-34-35-47-50(36-44)56(41-18-8-3-9-19-41)49-23-12-21-45(53(47)49)39-16-6-2-7-17-39/h1-36H. The van der Waals surface area contributed by atoms with Crippen molar-refractivity contribution in [3.63, 3.8) is 0 Å². The molecule has 3 heteroatoms. The summed E-state index contributed by atoms with van der Waals surface area (Å²) in [5.41, 5.74) is 14.1. The van der Waals surface area contributed by atoms with Crippen LogP contribution in [0.25, 0.3) is 81.0 Å². The van der Waals surface area contributed by atoms with Gasteiger partial charge in [-0.2, -0.15) is 0 Å². The average Bonchev–Trinajstić information content (AvgIpc) is 3.84. The Kier molecular flexibility index (Phi) is 8.04. The summed E-state index contributed by atoms with van der Waals surface area (Å²) in [5, 5.41) is 5.12. The third-order valence-corrected chi connectivity index (χ3v) is 12.3. The Hall–Kier alpha value is -7.20. The van der Waals surface area contributed by atoms with Crippen LogP contribution in [0.4, 0.5) is 17.1 Å². The van der Waals surface area contributed by atoms with E-state index in [-0.39, 0.29) is 0 Å². The van der Waals surface area contributed by atoms with Gasteiger partial charge in [0, 0.05) is 53.7 Å². The summed E-state index contributed by atoms with van der Waals surface area (Å²) in [6, 6.07) is 79.3. The van der Waals surface area contributed by atoms with Crippen molar-refractivity contribution in [3.05, 3.63) is 218 Å². The highest BCUT2D eigenvalue weighted by Gasteiger charge is 2.20. The molecule has 2 aromatic heterocycles. The van der Waals surface area contributed by atoms with Crippen LogP contribution in [0.1, 0.15) is 0 Å². The van der Waals surface area contributed by atoms with Crippen LogP contribution in [0, 0.1) is 0 Å². The summed E-state index contributed by atoms with van der Waals surface area (Å²) in [6.07, 6.45) is 0. The van der Waals surface area contributed by atoms with Crippen molar-refractivity contribution in [3.8, 4) is 39.1 Å². The van der Waals surface area contributed by atoms with E-state index in [1.807, 2.05) is 11.3 Å². The molecule has 57 heavy (non-hydrogen) atoms. The summed E-state index contributed by atoms with van der Waals surface area (Å²) in [6.45, 7) is 0. The molecule has 0 amide bonds. The van der Waals surface area contributed by atoms with Crippen LogP contribution in [0.5, 0.6) is 0 Å². The number of fused-ring (bicyclic) bond motifs is 6. The molecular formula is C54H36N2S. The van der Waals surface area contributed by atoms with Crippen molar-refractivity contribution >= 4 is 70.4 Å². The molecule has 0 saturated carbocycles. The first-order valence-electron chi connectivity index (χ1n) is 19.4. The lowest BCUT2D eigenvalue weighted by atomic mass is 9.98. The molecule has 0 bridgehead atoms. The van der Waals surface area contributed by atoms with Crippen molar-refractivity contribution < 1.29 is 0 Å². The van der Waals surface area contributed by atoms with Gasteiger partial charge in [0.15, 0.2) is 0 Å². The molecule has 0 saturated heterocycles. The first kappa shape index (κ1) is 33.2. The average molecular weight is 745 g/mol. The SMILES string of the molecule is c1ccc(-c2ccc(N(c3ccc(-c4cccc5sc6ccccc6c45)cc3)c3ccc4c5c(-c6ccccc6)cccc5n(-c5ccccc5)c4c3)cc2)cc1. The third kappa shape index (κ3) is 5.71. The Morgan fingerprint density at radius 2 is 0.860 bits per heavy atom. The van der Waals surface area contributed by atoms with Gasteiger partial charge in [-0.3, -0.25) is 0 Å². The van der Waals surface area contributed by atoms with E-state index in [1.165, 1.54) is 69.8 Å². The van der Waals surface area contributed by atoms with Crippen LogP contribution in [-0.2, 0) is 0 Å². The van der Waals surface area contributed by atoms with Gasteiger partial charge >= 0.3 is 0 Å². The van der Waals surface area contributed by atoms with Crippen molar-refractivity contribution in [2.75, 3.05) is 4.90 Å². The minimum Gasteiger partial charge on any atom is -0.310 e. The predicted molar refractivity (Wildman–Crippen MR) is 245 cm³/mol. The van der Waals surface area contributed by atoms with Crippen LogP contribution in [0.3, 0.4) is 0 Å². The molecule has 0 unspecified atom stereocenters. The number of rotatable bonds is 7. The number of anilines is 3. The fraction of sp³-hybridized carbons (Fsp3) is 0. The Morgan fingerprint density at radius 3 is 1.58 bits per heavy atom. The highest BCUT2D eigenvalue weighted by molar-refractivity contribution is 7.25. The van der Waals surface area contributed by atoms with Gasteiger partial charge in [0.1, 0.15) is 0 Å². The number of benzene rings is 9. The second-order valence-corrected chi connectivity index (χ2v) is 15.6. The van der Waals surface area contributed by atoms with E-state index in [1.54, 1.807) is 0 Å². The maximum atomic E-state index is 2.42. The highest BCUT2D eigenvalue weighted by atomic mass is 32.1. The maximum absolute atomic E-state index is 2.42. The summed E-state index contributed by atoms with van der Waals surface area (Å²) in [7, 11) is 0. The summed E-state index contributed by atoms with van der Waals surface area (Å²) < 4.78 is 5.06. The zero-order valence-corrected chi connectivity index (χ0v) is 31.9. The van der Waals surface area contributed by atoms with Crippen molar-refractivity contribution in [2.45, 2.75) is 0 Å². The van der Waals surface area contributed by atoms with E-state index in [4.69, 9.17) is 0 Å². The Balaban J connectivity index is 1.10. The Bertz CT molecular complexity index is 3200. The second-order valence-electron chi connectivity index (χ2n) is 14.5. The molecule has 0 atom stereocenters. The van der Waals surface area contributed by atoms with E-state index in [9.17, 15) is 0 Å². The third-order valence-electron chi connectivity index (χ3n) is 11.2. The molecule has 0 N–H and O–H groups in total. The van der Waals surface area contributed by atoms with Crippen LogP contribution in [0.2, 0.25) is 0 Å². The molecule has 0 spiro atoms. The quantitative estimate of drug-likeness (QED) is 0.158. The first-order valence-corrected chi connectivity index (χ1v) is 20.2. The summed E-state index contributed by atoms with van der Waals surface area (Å²) in [4.78, 5) is 2.39. The molecule has 2 nitrogen and oxygen atoms in total. The molecule has 2 heterocycles. The Morgan fingerprint density at radius 1 is 0.333 bits per heavy atom. The second kappa shape index (κ2) is 13.8. The normalized spacial score (nSPS) is 11.5. The van der Waals surface area contributed by atoms with Crippen LogP contribution < -0.4 is 4.90 Å². The van der Waals surface area contributed by atoms with Gasteiger partial charge in [-0.05, 0) is 100 Å². The smallest absolute Gasteiger partial charge is 0.0562 e. The molecule has 0 fully saturated rings.